The van der Waals surface area contributed by atoms with Crippen LogP contribution in [0.15, 0.2) is 47.5 Å². The summed E-state index contributed by atoms with van der Waals surface area (Å²) in [5, 5.41) is 3.56. The monoisotopic (exact) mass is 407 g/mol. The summed E-state index contributed by atoms with van der Waals surface area (Å²) in [7, 11) is 0. The summed E-state index contributed by atoms with van der Waals surface area (Å²) in [5.74, 6) is 1.29. The third-order valence-electron chi connectivity index (χ3n) is 5.28. The third kappa shape index (κ3) is 3.87. The van der Waals surface area contributed by atoms with Crippen LogP contribution in [-0.2, 0) is 11.3 Å². The van der Waals surface area contributed by atoms with Crippen LogP contribution in [0.2, 0.25) is 0 Å². The van der Waals surface area contributed by atoms with Gasteiger partial charge in [-0.05, 0) is 42.2 Å². The molecule has 0 saturated carbocycles. The number of fused-ring (bicyclic) bond motifs is 2. The maximum Gasteiger partial charge on any atom is 0.261 e. The second-order valence-electron chi connectivity index (χ2n) is 7.84. The zero-order valence-electron chi connectivity index (χ0n) is 17.3. The van der Waals surface area contributed by atoms with Crippen LogP contribution < -0.4 is 20.3 Å². The number of nitrogens with zero attached hydrogens (tertiary/aromatic N) is 2. The quantitative estimate of drug-likeness (QED) is 0.703. The first-order chi connectivity index (χ1) is 14.4. The maximum absolute atomic E-state index is 12.8. The number of aryl methyl sites for hydroxylation is 1. The summed E-state index contributed by atoms with van der Waals surface area (Å²) in [5.41, 5.74) is 2.30. The van der Waals surface area contributed by atoms with Gasteiger partial charge in [0.1, 0.15) is 19.8 Å². The molecular weight excluding hydrogens is 382 g/mol. The van der Waals surface area contributed by atoms with Crippen molar-refractivity contribution in [1.82, 2.24) is 14.9 Å². The van der Waals surface area contributed by atoms with Crippen LogP contribution in [0.5, 0.6) is 11.5 Å². The van der Waals surface area contributed by atoms with Gasteiger partial charge in [0.15, 0.2) is 11.5 Å². The molecule has 0 bridgehead atoms. The fourth-order valence-corrected chi connectivity index (χ4v) is 3.71. The zero-order valence-corrected chi connectivity index (χ0v) is 17.3. The first kappa shape index (κ1) is 19.9. The van der Waals surface area contributed by atoms with E-state index in [4.69, 9.17) is 9.47 Å². The molecule has 3 aromatic rings. The Bertz CT molecular complexity index is 1150. The van der Waals surface area contributed by atoms with Gasteiger partial charge in [-0.2, -0.15) is 0 Å². The summed E-state index contributed by atoms with van der Waals surface area (Å²) < 4.78 is 12.6. The van der Waals surface area contributed by atoms with E-state index in [1.807, 2.05) is 51.1 Å². The Labute approximate surface area is 174 Å². The second kappa shape index (κ2) is 8.18. The van der Waals surface area contributed by atoms with Gasteiger partial charge in [-0.25, -0.2) is 4.98 Å². The molecular formula is C23H25N3O4. The van der Waals surface area contributed by atoms with Crippen LogP contribution >= 0.6 is 0 Å². The summed E-state index contributed by atoms with van der Waals surface area (Å²) in [4.78, 5) is 29.9. The second-order valence-corrected chi connectivity index (χ2v) is 7.84. The predicted molar refractivity (Wildman–Crippen MR) is 114 cm³/mol. The van der Waals surface area contributed by atoms with Gasteiger partial charge >= 0.3 is 0 Å². The highest BCUT2D eigenvalue weighted by molar-refractivity contribution is 5.81. The van der Waals surface area contributed by atoms with E-state index >= 15 is 0 Å². The Morgan fingerprint density at radius 3 is 2.70 bits per heavy atom. The Morgan fingerprint density at radius 2 is 1.93 bits per heavy atom. The van der Waals surface area contributed by atoms with E-state index in [-0.39, 0.29) is 30.0 Å². The molecule has 30 heavy (non-hydrogen) atoms. The summed E-state index contributed by atoms with van der Waals surface area (Å²) in [6, 6.07) is 11.0. The van der Waals surface area contributed by atoms with Gasteiger partial charge < -0.3 is 14.8 Å². The number of para-hydroxylation sites is 1. The van der Waals surface area contributed by atoms with E-state index in [0.29, 0.717) is 35.6 Å². The van der Waals surface area contributed by atoms with Gasteiger partial charge in [-0.1, -0.05) is 32.0 Å². The Balaban J connectivity index is 1.55. The zero-order chi connectivity index (χ0) is 21.3. The molecule has 0 fully saturated rings. The van der Waals surface area contributed by atoms with Gasteiger partial charge in [-0.15, -0.1) is 0 Å². The minimum absolute atomic E-state index is 0.0938. The van der Waals surface area contributed by atoms with E-state index in [2.05, 4.69) is 10.3 Å². The van der Waals surface area contributed by atoms with E-state index in [0.717, 1.165) is 11.1 Å². The van der Waals surface area contributed by atoms with Crippen LogP contribution in [0.25, 0.3) is 10.9 Å². The predicted octanol–water partition coefficient (Wildman–Crippen LogP) is 2.99. The fraction of sp³-hybridized carbons (Fsp3) is 0.348. The molecule has 1 atom stereocenters. The number of hydrogen-bond donors (Lipinski definition) is 1. The van der Waals surface area contributed by atoms with Crippen molar-refractivity contribution in [1.29, 1.82) is 0 Å². The number of carbonyl (C=O) groups is 1. The van der Waals surface area contributed by atoms with Crippen molar-refractivity contribution in [2.24, 2.45) is 5.92 Å². The van der Waals surface area contributed by atoms with Crippen LogP contribution in [0.1, 0.15) is 31.0 Å². The number of ether oxygens (including phenoxy) is 2. The maximum atomic E-state index is 12.8. The topological polar surface area (TPSA) is 82.5 Å². The van der Waals surface area contributed by atoms with Crippen molar-refractivity contribution in [3.8, 4) is 11.5 Å². The van der Waals surface area contributed by atoms with Crippen LogP contribution in [0, 0.1) is 12.8 Å². The van der Waals surface area contributed by atoms with Crippen molar-refractivity contribution in [2.45, 2.75) is 33.4 Å². The lowest BCUT2D eigenvalue weighted by molar-refractivity contribution is -0.122. The lowest BCUT2D eigenvalue weighted by Crippen LogP contribution is -2.36. The highest BCUT2D eigenvalue weighted by Crippen LogP contribution is 2.34. The molecule has 1 unspecified atom stereocenters. The van der Waals surface area contributed by atoms with E-state index < -0.39 is 0 Å². The summed E-state index contributed by atoms with van der Waals surface area (Å²) in [6.45, 7) is 6.93. The number of benzene rings is 2. The van der Waals surface area contributed by atoms with Gasteiger partial charge in [0.2, 0.25) is 5.91 Å². The largest absolute Gasteiger partial charge is 0.486 e. The molecule has 0 saturated heterocycles. The molecule has 1 aliphatic heterocycles. The van der Waals surface area contributed by atoms with E-state index in [9.17, 15) is 9.59 Å². The first-order valence-electron chi connectivity index (χ1n) is 10.1. The lowest BCUT2D eigenvalue weighted by Gasteiger charge is -2.25. The van der Waals surface area contributed by atoms with E-state index in [1.165, 1.54) is 10.9 Å². The first-order valence-corrected chi connectivity index (χ1v) is 10.1. The lowest BCUT2D eigenvalue weighted by atomic mass is 9.95. The molecule has 2 heterocycles. The van der Waals surface area contributed by atoms with Gasteiger partial charge in [0.25, 0.3) is 5.56 Å². The Hall–Kier alpha value is -3.35. The molecule has 2 aromatic carbocycles. The summed E-state index contributed by atoms with van der Waals surface area (Å²) in [6.07, 6.45) is 1.44. The standard InChI is InChI=1S/C23H25N3O4/c1-14(2)21(16-7-8-18-19(11-16)30-10-9-29-18)25-20(27)12-26-13-24-22-15(3)5-4-6-17(22)23(26)28/h4-8,11,13-14,21H,9-10,12H2,1-3H3,(H,25,27). The molecule has 1 aliphatic rings. The van der Waals surface area contributed by atoms with Crippen LogP contribution in [0.3, 0.4) is 0 Å². The number of carbonyl (C=O) groups excluding carboxylic acids is 1. The van der Waals surface area contributed by atoms with Gasteiger partial charge in [0.05, 0.1) is 23.3 Å². The van der Waals surface area contributed by atoms with E-state index in [1.54, 1.807) is 6.07 Å². The smallest absolute Gasteiger partial charge is 0.261 e. The molecule has 156 valence electrons. The number of hydrogen-bond acceptors (Lipinski definition) is 5. The molecule has 1 aromatic heterocycles. The minimum atomic E-state index is -0.250. The fourth-order valence-electron chi connectivity index (χ4n) is 3.71. The van der Waals surface area contributed by atoms with Crippen LogP contribution in [0.4, 0.5) is 0 Å². The number of rotatable bonds is 5. The summed E-state index contributed by atoms with van der Waals surface area (Å²) >= 11 is 0. The number of nitrogens with one attached hydrogen (secondary N) is 1. The highest BCUT2D eigenvalue weighted by atomic mass is 16.6. The van der Waals surface area contributed by atoms with Gasteiger partial charge in [0, 0.05) is 0 Å². The third-order valence-corrected chi connectivity index (χ3v) is 5.28. The SMILES string of the molecule is Cc1cccc2c(=O)n(CC(=O)NC(c3ccc4c(c3)OCCO4)C(C)C)cnc12. The molecule has 0 spiro atoms. The van der Waals surface area contributed by atoms with Crippen molar-refractivity contribution in [2.75, 3.05) is 13.2 Å². The normalized spacial score (nSPS) is 14.0. The Morgan fingerprint density at radius 1 is 1.17 bits per heavy atom. The molecule has 4 rings (SSSR count). The molecule has 0 radical (unpaired) electrons. The molecule has 7 nitrogen and oxygen atoms in total. The average molecular weight is 407 g/mol. The Kier molecular flexibility index (Phi) is 5.44. The molecule has 7 heteroatoms. The number of amides is 1. The molecule has 1 amide bonds. The molecule has 1 N–H and O–H groups in total. The average Bonchev–Trinajstić information content (AvgIpc) is 2.74. The molecule has 0 aliphatic carbocycles. The van der Waals surface area contributed by atoms with Crippen molar-refractivity contribution in [3.63, 3.8) is 0 Å². The van der Waals surface area contributed by atoms with Crippen LogP contribution in [-0.4, -0.2) is 28.7 Å². The van der Waals surface area contributed by atoms with Crippen molar-refractivity contribution in [3.05, 3.63) is 64.2 Å². The minimum Gasteiger partial charge on any atom is -0.486 e. The van der Waals surface area contributed by atoms with Gasteiger partial charge in [-0.3, -0.25) is 14.2 Å². The van der Waals surface area contributed by atoms with Crippen molar-refractivity contribution < 1.29 is 14.3 Å². The van der Waals surface area contributed by atoms with Crippen molar-refractivity contribution >= 4 is 16.8 Å². The highest BCUT2D eigenvalue weighted by Gasteiger charge is 2.22. The number of aromatic nitrogens is 2.